The first-order chi connectivity index (χ1) is 12.8. The zero-order valence-corrected chi connectivity index (χ0v) is 18.4. The molecule has 148 valence electrons. The molecule has 5 unspecified atom stereocenters. The maximum absolute atomic E-state index is 4.43. The zero-order valence-electron chi connectivity index (χ0n) is 18.4. The second kappa shape index (κ2) is 7.61. The van der Waals surface area contributed by atoms with Crippen molar-refractivity contribution in [3.05, 3.63) is 59.8 Å². The molecule has 4 rings (SSSR count). The maximum atomic E-state index is 4.43. The van der Waals surface area contributed by atoms with Gasteiger partial charge in [0.05, 0.1) is 0 Å². The summed E-state index contributed by atoms with van der Waals surface area (Å²) in [5.41, 5.74) is 6.57. The Hall–Kier alpha value is -1.30. The van der Waals surface area contributed by atoms with Crippen molar-refractivity contribution in [3.63, 3.8) is 0 Å². The summed E-state index contributed by atoms with van der Waals surface area (Å²) in [6.45, 7) is 20.1. The second-order valence-electron chi connectivity index (χ2n) is 9.75. The highest BCUT2D eigenvalue weighted by molar-refractivity contribution is 5.50. The third kappa shape index (κ3) is 3.24. The van der Waals surface area contributed by atoms with Crippen molar-refractivity contribution >= 4 is 0 Å². The van der Waals surface area contributed by atoms with Crippen molar-refractivity contribution in [3.8, 4) is 0 Å². The van der Waals surface area contributed by atoms with Crippen molar-refractivity contribution in [2.75, 3.05) is 0 Å². The van der Waals surface area contributed by atoms with Crippen LogP contribution in [0.1, 0.15) is 79.6 Å². The van der Waals surface area contributed by atoms with E-state index in [1.165, 1.54) is 49.7 Å². The first-order valence-corrected chi connectivity index (χ1v) is 11.3. The Bertz CT molecular complexity index is 700. The lowest BCUT2D eigenvalue weighted by atomic mass is 9.52. The molecule has 0 heteroatoms. The second-order valence-corrected chi connectivity index (χ2v) is 9.75. The van der Waals surface area contributed by atoms with Gasteiger partial charge in [-0.15, -0.1) is 0 Å². The van der Waals surface area contributed by atoms with E-state index in [0.29, 0.717) is 5.41 Å². The SMILES string of the molecule is C=C1C=CC2(C)C(=C1)CCC1C2=CCC2(C)C(C(=C)CC)CCC12.CCC. The normalized spacial score (nSPS) is 39.3. The average molecular weight is 365 g/mol. The van der Waals surface area contributed by atoms with E-state index in [1.54, 1.807) is 11.1 Å². The molecule has 0 heterocycles. The van der Waals surface area contributed by atoms with E-state index in [1.807, 2.05) is 0 Å². The Morgan fingerprint density at radius 1 is 1.15 bits per heavy atom. The lowest BCUT2D eigenvalue weighted by molar-refractivity contribution is 0.104. The molecule has 0 aromatic heterocycles. The molecule has 0 nitrogen and oxygen atoms in total. The van der Waals surface area contributed by atoms with Crippen molar-refractivity contribution in [1.82, 2.24) is 0 Å². The van der Waals surface area contributed by atoms with Gasteiger partial charge in [0.25, 0.3) is 0 Å². The molecule has 4 aliphatic rings. The van der Waals surface area contributed by atoms with Crippen LogP contribution < -0.4 is 0 Å². The molecule has 0 aromatic carbocycles. The number of rotatable bonds is 2. The van der Waals surface area contributed by atoms with Gasteiger partial charge in [0.15, 0.2) is 0 Å². The maximum Gasteiger partial charge on any atom is 0.0281 e. The van der Waals surface area contributed by atoms with Gasteiger partial charge in [-0.1, -0.05) is 88.3 Å². The van der Waals surface area contributed by atoms with E-state index in [-0.39, 0.29) is 5.41 Å². The Morgan fingerprint density at radius 3 is 2.52 bits per heavy atom. The molecular formula is C27H40. The topological polar surface area (TPSA) is 0 Å². The van der Waals surface area contributed by atoms with Gasteiger partial charge in [0, 0.05) is 5.41 Å². The van der Waals surface area contributed by atoms with Gasteiger partial charge in [-0.3, -0.25) is 0 Å². The predicted octanol–water partition coefficient (Wildman–Crippen LogP) is 8.20. The van der Waals surface area contributed by atoms with E-state index >= 15 is 0 Å². The van der Waals surface area contributed by atoms with Gasteiger partial charge in [0.1, 0.15) is 0 Å². The summed E-state index contributed by atoms with van der Waals surface area (Å²) in [5.74, 6) is 2.36. The highest BCUT2D eigenvalue weighted by atomic mass is 14.6. The van der Waals surface area contributed by atoms with Crippen LogP contribution in [0.3, 0.4) is 0 Å². The average Bonchev–Trinajstić information content (AvgIpc) is 2.99. The lowest BCUT2D eigenvalue weighted by Gasteiger charge is -2.52. The molecule has 0 N–H and O–H groups in total. The Balaban J connectivity index is 0.000000659. The largest absolute Gasteiger partial charge is 0.0996 e. The fourth-order valence-corrected chi connectivity index (χ4v) is 6.51. The van der Waals surface area contributed by atoms with Crippen LogP contribution in [0.25, 0.3) is 0 Å². The molecule has 5 atom stereocenters. The predicted molar refractivity (Wildman–Crippen MR) is 120 cm³/mol. The Morgan fingerprint density at radius 2 is 1.85 bits per heavy atom. The standard InChI is InChI=1S/C24H32.C3H8/c1-6-17(3)20-9-10-21-19-8-7-18-15-16(2)11-13-23(18,4)22(19)12-14-24(20,21)5;1-3-2/h11-13,15,19-21H,2-3,6-10,14H2,1,4-5H3;3H2,1-2H3. The van der Waals surface area contributed by atoms with E-state index < -0.39 is 0 Å². The smallest absolute Gasteiger partial charge is 0.0281 e. The van der Waals surface area contributed by atoms with Crippen LogP contribution >= 0.6 is 0 Å². The molecule has 0 spiro atoms. The molecule has 0 aromatic rings. The fraction of sp³-hybridized carbons (Fsp3) is 0.630. The summed E-state index contributed by atoms with van der Waals surface area (Å²) >= 11 is 0. The highest BCUT2D eigenvalue weighted by Gasteiger charge is 2.55. The minimum absolute atomic E-state index is 0.158. The van der Waals surface area contributed by atoms with E-state index in [4.69, 9.17) is 0 Å². The van der Waals surface area contributed by atoms with Crippen LogP contribution in [0.4, 0.5) is 0 Å². The first-order valence-electron chi connectivity index (χ1n) is 11.3. The van der Waals surface area contributed by atoms with Gasteiger partial charge in [-0.05, 0) is 74.2 Å². The minimum Gasteiger partial charge on any atom is -0.0996 e. The third-order valence-corrected chi connectivity index (χ3v) is 7.99. The fourth-order valence-electron chi connectivity index (χ4n) is 6.51. The highest BCUT2D eigenvalue weighted by Crippen LogP contribution is 2.65. The molecular weight excluding hydrogens is 324 g/mol. The number of hydrogen-bond donors (Lipinski definition) is 0. The molecule has 0 aliphatic heterocycles. The van der Waals surface area contributed by atoms with Crippen LogP contribution in [0.15, 0.2) is 59.8 Å². The Labute approximate surface area is 168 Å². The number of fused-ring (bicyclic) bond motifs is 5. The van der Waals surface area contributed by atoms with E-state index in [0.717, 1.165) is 24.2 Å². The van der Waals surface area contributed by atoms with Gasteiger partial charge >= 0.3 is 0 Å². The van der Waals surface area contributed by atoms with Crippen LogP contribution in [-0.4, -0.2) is 0 Å². The molecule has 2 saturated carbocycles. The summed E-state index contributed by atoms with van der Waals surface area (Å²) in [5, 5.41) is 0. The van der Waals surface area contributed by atoms with Gasteiger partial charge < -0.3 is 0 Å². The Kier molecular flexibility index (Phi) is 5.76. The van der Waals surface area contributed by atoms with E-state index in [9.17, 15) is 0 Å². The molecule has 0 amide bonds. The van der Waals surface area contributed by atoms with Crippen molar-refractivity contribution in [2.24, 2.45) is 28.6 Å². The lowest BCUT2D eigenvalue weighted by Crippen LogP contribution is -2.43. The summed E-state index contributed by atoms with van der Waals surface area (Å²) in [4.78, 5) is 0. The van der Waals surface area contributed by atoms with Gasteiger partial charge in [-0.2, -0.15) is 0 Å². The summed E-state index contributed by atoms with van der Waals surface area (Å²) < 4.78 is 0. The minimum atomic E-state index is 0.158. The van der Waals surface area contributed by atoms with Crippen LogP contribution in [0.5, 0.6) is 0 Å². The molecule has 0 radical (unpaired) electrons. The molecule has 4 aliphatic carbocycles. The van der Waals surface area contributed by atoms with Crippen molar-refractivity contribution in [1.29, 1.82) is 0 Å². The molecule has 0 bridgehead atoms. The third-order valence-electron chi connectivity index (χ3n) is 7.99. The van der Waals surface area contributed by atoms with Crippen molar-refractivity contribution < 1.29 is 0 Å². The number of hydrogen-bond acceptors (Lipinski definition) is 0. The summed E-state index contributed by atoms with van der Waals surface area (Å²) in [6.07, 6.45) is 18.6. The quantitative estimate of drug-likeness (QED) is 0.433. The van der Waals surface area contributed by atoms with Gasteiger partial charge in [0.2, 0.25) is 0 Å². The summed E-state index contributed by atoms with van der Waals surface area (Å²) in [7, 11) is 0. The van der Waals surface area contributed by atoms with Gasteiger partial charge in [-0.25, -0.2) is 0 Å². The molecule has 27 heavy (non-hydrogen) atoms. The van der Waals surface area contributed by atoms with Crippen molar-refractivity contribution in [2.45, 2.75) is 79.6 Å². The molecule has 2 fully saturated rings. The van der Waals surface area contributed by atoms with E-state index in [2.05, 4.69) is 72.1 Å². The van der Waals surface area contributed by atoms with Crippen LogP contribution in [-0.2, 0) is 0 Å². The van der Waals surface area contributed by atoms with Crippen LogP contribution in [0.2, 0.25) is 0 Å². The van der Waals surface area contributed by atoms with Crippen LogP contribution in [0, 0.1) is 28.6 Å². The first kappa shape index (κ1) is 20.4. The summed E-state index contributed by atoms with van der Waals surface area (Å²) in [6, 6.07) is 0. The molecule has 0 saturated heterocycles. The monoisotopic (exact) mass is 364 g/mol. The number of allylic oxidation sites excluding steroid dienone is 8. The zero-order chi connectivity index (χ0) is 19.8.